The van der Waals surface area contributed by atoms with E-state index < -0.39 is 6.04 Å². The lowest BCUT2D eigenvalue weighted by Gasteiger charge is -2.31. The lowest BCUT2D eigenvalue weighted by Crippen LogP contribution is -2.50. The number of halogens is 2. The number of amides is 2. The summed E-state index contributed by atoms with van der Waals surface area (Å²) in [5.41, 5.74) is 2.07. The van der Waals surface area contributed by atoms with Gasteiger partial charge in [0.25, 0.3) is 0 Å². The third-order valence-electron chi connectivity index (χ3n) is 4.73. The zero-order valence-corrected chi connectivity index (χ0v) is 20.6. The molecule has 0 aliphatic carbocycles. The monoisotopic (exact) mass is 480 g/mol. The van der Waals surface area contributed by atoms with Gasteiger partial charge in [-0.1, -0.05) is 66.5 Å². The van der Waals surface area contributed by atoms with Crippen LogP contribution in [-0.4, -0.2) is 34.6 Å². The van der Waals surface area contributed by atoms with E-state index in [-0.39, 0.29) is 17.9 Å². The van der Waals surface area contributed by atoms with Crippen LogP contribution in [0.5, 0.6) is 0 Å². The van der Waals surface area contributed by atoms with Gasteiger partial charge < -0.3 is 10.2 Å². The average molecular weight is 481 g/mol. The van der Waals surface area contributed by atoms with Gasteiger partial charge in [-0.25, -0.2) is 0 Å². The molecule has 168 valence electrons. The van der Waals surface area contributed by atoms with Crippen LogP contribution in [0.2, 0.25) is 10.0 Å². The van der Waals surface area contributed by atoms with E-state index in [2.05, 4.69) is 17.4 Å². The first kappa shape index (κ1) is 25.6. The standard InChI is InChI=1S/C24H30Cl2N2O2S/c1-4-22(24(30)27-17(2)3)28(15-19-10-11-20(25)21(26)14-19)23(29)12-13-31-16-18-8-6-5-7-9-18/h5-11,14,17,22H,4,12-13,15-16H2,1-3H3,(H,27,30)/t22-/m1/s1. The molecule has 1 N–H and O–H groups in total. The summed E-state index contributed by atoms with van der Waals surface area (Å²) >= 11 is 13.9. The first-order valence-electron chi connectivity index (χ1n) is 10.5. The van der Waals surface area contributed by atoms with Crippen molar-refractivity contribution in [2.75, 3.05) is 5.75 Å². The quantitative estimate of drug-likeness (QED) is 0.404. The van der Waals surface area contributed by atoms with E-state index in [4.69, 9.17) is 23.2 Å². The highest BCUT2D eigenvalue weighted by Crippen LogP contribution is 2.24. The van der Waals surface area contributed by atoms with Crippen molar-refractivity contribution in [1.29, 1.82) is 0 Å². The molecular weight excluding hydrogens is 451 g/mol. The lowest BCUT2D eigenvalue weighted by atomic mass is 10.1. The van der Waals surface area contributed by atoms with Crippen molar-refractivity contribution in [3.63, 3.8) is 0 Å². The van der Waals surface area contributed by atoms with Crippen molar-refractivity contribution in [2.24, 2.45) is 0 Å². The first-order chi connectivity index (χ1) is 14.8. The minimum absolute atomic E-state index is 0.00454. The summed E-state index contributed by atoms with van der Waals surface area (Å²) in [6, 6.07) is 14.9. The van der Waals surface area contributed by atoms with Gasteiger partial charge in [0.05, 0.1) is 10.0 Å². The Kier molecular flexibility index (Phi) is 10.7. The van der Waals surface area contributed by atoms with Crippen LogP contribution < -0.4 is 5.32 Å². The van der Waals surface area contributed by atoms with Crippen molar-refractivity contribution in [3.8, 4) is 0 Å². The molecular formula is C24H30Cl2N2O2S. The largest absolute Gasteiger partial charge is 0.352 e. The highest BCUT2D eigenvalue weighted by Gasteiger charge is 2.28. The molecule has 31 heavy (non-hydrogen) atoms. The maximum Gasteiger partial charge on any atom is 0.243 e. The summed E-state index contributed by atoms with van der Waals surface area (Å²) < 4.78 is 0. The summed E-state index contributed by atoms with van der Waals surface area (Å²) in [7, 11) is 0. The smallest absolute Gasteiger partial charge is 0.243 e. The average Bonchev–Trinajstić information content (AvgIpc) is 2.73. The van der Waals surface area contributed by atoms with Crippen LogP contribution in [0, 0.1) is 0 Å². The molecule has 0 heterocycles. The van der Waals surface area contributed by atoms with Crippen LogP contribution in [0.15, 0.2) is 48.5 Å². The molecule has 0 fully saturated rings. The zero-order chi connectivity index (χ0) is 22.8. The number of hydrogen-bond acceptors (Lipinski definition) is 3. The minimum Gasteiger partial charge on any atom is -0.352 e. The summed E-state index contributed by atoms with van der Waals surface area (Å²) in [5.74, 6) is 1.36. The molecule has 2 amide bonds. The van der Waals surface area contributed by atoms with Crippen LogP contribution in [0.25, 0.3) is 0 Å². The van der Waals surface area contributed by atoms with Crippen molar-refractivity contribution in [3.05, 3.63) is 69.7 Å². The Morgan fingerprint density at radius 1 is 1.03 bits per heavy atom. The SMILES string of the molecule is CC[C@H](C(=O)NC(C)C)N(Cc1ccc(Cl)c(Cl)c1)C(=O)CCSCc1ccccc1. The predicted octanol–water partition coefficient (Wildman–Crippen LogP) is 5.95. The van der Waals surface area contributed by atoms with Crippen molar-refractivity contribution < 1.29 is 9.59 Å². The highest BCUT2D eigenvalue weighted by molar-refractivity contribution is 7.98. The third-order valence-corrected chi connectivity index (χ3v) is 6.49. The molecule has 0 saturated heterocycles. The highest BCUT2D eigenvalue weighted by atomic mass is 35.5. The molecule has 0 saturated carbocycles. The van der Waals surface area contributed by atoms with E-state index in [0.717, 1.165) is 11.3 Å². The molecule has 4 nitrogen and oxygen atoms in total. The van der Waals surface area contributed by atoms with Gasteiger partial charge in [0.15, 0.2) is 0 Å². The molecule has 7 heteroatoms. The van der Waals surface area contributed by atoms with E-state index in [0.29, 0.717) is 35.2 Å². The molecule has 2 aromatic carbocycles. The first-order valence-corrected chi connectivity index (χ1v) is 12.4. The van der Waals surface area contributed by atoms with Gasteiger partial charge >= 0.3 is 0 Å². The number of rotatable bonds is 11. The Morgan fingerprint density at radius 3 is 2.35 bits per heavy atom. The molecule has 0 aliphatic heterocycles. The summed E-state index contributed by atoms with van der Waals surface area (Å²) in [4.78, 5) is 27.6. The Labute approximate surface area is 199 Å². The molecule has 0 aliphatic rings. The second-order valence-corrected chi connectivity index (χ2v) is 9.57. The summed E-state index contributed by atoms with van der Waals surface area (Å²) in [5, 5.41) is 3.84. The molecule has 2 aromatic rings. The van der Waals surface area contributed by atoms with Gasteiger partial charge in [-0.2, -0.15) is 11.8 Å². The maximum atomic E-state index is 13.2. The van der Waals surface area contributed by atoms with Gasteiger partial charge in [0.1, 0.15) is 6.04 Å². The fraction of sp³-hybridized carbons (Fsp3) is 0.417. The van der Waals surface area contributed by atoms with Gasteiger partial charge in [-0.3, -0.25) is 9.59 Å². The molecule has 2 rings (SSSR count). The number of hydrogen-bond donors (Lipinski definition) is 1. The molecule has 0 bridgehead atoms. The lowest BCUT2D eigenvalue weighted by molar-refractivity contribution is -0.141. The van der Waals surface area contributed by atoms with Crippen molar-refractivity contribution in [1.82, 2.24) is 10.2 Å². The number of nitrogens with one attached hydrogen (secondary N) is 1. The Balaban J connectivity index is 2.09. The van der Waals surface area contributed by atoms with Crippen LogP contribution in [0.3, 0.4) is 0 Å². The van der Waals surface area contributed by atoms with Gasteiger partial charge in [-0.05, 0) is 43.5 Å². The summed E-state index contributed by atoms with van der Waals surface area (Å²) in [6.07, 6.45) is 0.896. The number of benzene rings is 2. The third kappa shape index (κ3) is 8.40. The fourth-order valence-corrected chi connectivity index (χ4v) is 4.41. The second-order valence-electron chi connectivity index (χ2n) is 7.65. The molecule has 0 aromatic heterocycles. The number of carbonyl (C=O) groups excluding carboxylic acids is 2. The predicted molar refractivity (Wildman–Crippen MR) is 132 cm³/mol. The number of thioether (sulfide) groups is 1. The number of carbonyl (C=O) groups is 2. The van der Waals surface area contributed by atoms with Gasteiger partial charge in [0.2, 0.25) is 11.8 Å². The van der Waals surface area contributed by atoms with Gasteiger partial charge in [-0.15, -0.1) is 0 Å². The van der Waals surface area contributed by atoms with Crippen molar-refractivity contribution in [2.45, 2.75) is 58.0 Å². The Hall–Kier alpha value is -1.69. The normalized spacial score (nSPS) is 11.9. The number of nitrogens with zero attached hydrogens (tertiary/aromatic N) is 1. The topological polar surface area (TPSA) is 49.4 Å². The Morgan fingerprint density at radius 2 is 1.74 bits per heavy atom. The molecule has 1 atom stereocenters. The van der Waals surface area contributed by atoms with E-state index in [1.54, 1.807) is 28.8 Å². The van der Waals surface area contributed by atoms with Crippen LogP contribution in [-0.2, 0) is 21.9 Å². The van der Waals surface area contributed by atoms with E-state index in [1.165, 1.54) is 5.56 Å². The maximum absolute atomic E-state index is 13.2. The molecule has 0 spiro atoms. The minimum atomic E-state index is -0.538. The van der Waals surface area contributed by atoms with Crippen LogP contribution >= 0.6 is 35.0 Å². The van der Waals surface area contributed by atoms with Gasteiger partial charge in [0, 0.05) is 30.5 Å². The Bertz CT molecular complexity index is 862. The molecule has 0 unspecified atom stereocenters. The van der Waals surface area contributed by atoms with E-state index >= 15 is 0 Å². The van der Waals surface area contributed by atoms with Crippen LogP contribution in [0.4, 0.5) is 0 Å². The molecule has 0 radical (unpaired) electrons. The second kappa shape index (κ2) is 13.0. The summed E-state index contributed by atoms with van der Waals surface area (Å²) in [6.45, 7) is 6.05. The fourth-order valence-electron chi connectivity index (χ4n) is 3.20. The van der Waals surface area contributed by atoms with Crippen molar-refractivity contribution >= 4 is 46.8 Å². The van der Waals surface area contributed by atoms with Crippen LogP contribution in [0.1, 0.15) is 44.7 Å². The van der Waals surface area contributed by atoms with E-state index in [1.807, 2.05) is 45.0 Å². The zero-order valence-electron chi connectivity index (χ0n) is 18.2. The van der Waals surface area contributed by atoms with E-state index in [9.17, 15) is 9.59 Å².